The van der Waals surface area contributed by atoms with Crippen LogP contribution in [0.3, 0.4) is 0 Å². The third-order valence-electron chi connectivity index (χ3n) is 3.51. The average molecular weight is 243 g/mol. The van der Waals surface area contributed by atoms with E-state index in [9.17, 15) is 4.79 Å². The van der Waals surface area contributed by atoms with Crippen LogP contribution in [-0.4, -0.2) is 48.2 Å². The molecule has 1 rings (SSSR count). The van der Waals surface area contributed by atoms with Crippen molar-refractivity contribution in [2.24, 2.45) is 16.3 Å². The summed E-state index contributed by atoms with van der Waals surface area (Å²) in [6.45, 7) is 5.98. The molecule has 1 heterocycles. The molecule has 98 valence electrons. The zero-order valence-electron chi connectivity index (χ0n) is 10.5. The molecule has 0 aromatic rings. The SMILES string of the molecule is CCC(CC)(C(=O)N1CCOCC1)C(N)=NO. The van der Waals surface area contributed by atoms with E-state index in [0.29, 0.717) is 39.1 Å². The van der Waals surface area contributed by atoms with Gasteiger partial charge in [0.25, 0.3) is 0 Å². The van der Waals surface area contributed by atoms with Gasteiger partial charge in [-0.25, -0.2) is 0 Å². The van der Waals surface area contributed by atoms with E-state index in [4.69, 9.17) is 15.7 Å². The molecule has 0 radical (unpaired) electrons. The fourth-order valence-corrected chi connectivity index (χ4v) is 2.19. The van der Waals surface area contributed by atoms with Gasteiger partial charge in [0.1, 0.15) is 5.41 Å². The van der Waals surface area contributed by atoms with E-state index in [1.54, 1.807) is 4.90 Å². The maximum absolute atomic E-state index is 12.5. The average Bonchev–Trinajstić information content (AvgIpc) is 2.41. The highest BCUT2D eigenvalue weighted by atomic mass is 16.5. The van der Waals surface area contributed by atoms with E-state index in [2.05, 4.69) is 5.16 Å². The highest BCUT2D eigenvalue weighted by molar-refractivity contribution is 6.06. The van der Waals surface area contributed by atoms with Crippen molar-refractivity contribution in [3.05, 3.63) is 0 Å². The molecule has 6 heteroatoms. The van der Waals surface area contributed by atoms with E-state index in [1.807, 2.05) is 13.8 Å². The molecule has 1 fully saturated rings. The summed E-state index contributed by atoms with van der Waals surface area (Å²) in [5, 5.41) is 11.9. The van der Waals surface area contributed by atoms with Crippen LogP contribution < -0.4 is 5.73 Å². The molecule has 0 aromatic carbocycles. The molecule has 6 nitrogen and oxygen atoms in total. The Labute approximate surface area is 101 Å². The van der Waals surface area contributed by atoms with Crippen molar-refractivity contribution in [1.82, 2.24) is 4.90 Å². The molecule has 0 unspecified atom stereocenters. The standard InChI is InChI=1S/C11H21N3O3/c1-3-11(4-2,9(12)13-16)10(15)14-5-7-17-8-6-14/h16H,3-8H2,1-2H3,(H2,12,13). The molecule has 1 amide bonds. The zero-order chi connectivity index (χ0) is 12.9. The Bertz CT molecular complexity index is 294. The number of hydrogen-bond acceptors (Lipinski definition) is 4. The summed E-state index contributed by atoms with van der Waals surface area (Å²) in [7, 11) is 0. The predicted molar refractivity (Wildman–Crippen MR) is 63.8 cm³/mol. The van der Waals surface area contributed by atoms with Gasteiger partial charge in [0.2, 0.25) is 5.91 Å². The third kappa shape index (κ3) is 2.52. The van der Waals surface area contributed by atoms with E-state index in [-0.39, 0.29) is 11.7 Å². The van der Waals surface area contributed by atoms with Crippen LogP contribution in [0.25, 0.3) is 0 Å². The van der Waals surface area contributed by atoms with Crippen LogP contribution in [0, 0.1) is 5.41 Å². The number of amides is 1. The molecule has 0 aliphatic carbocycles. The van der Waals surface area contributed by atoms with Gasteiger partial charge in [-0.3, -0.25) is 4.79 Å². The minimum Gasteiger partial charge on any atom is -0.409 e. The number of carbonyl (C=O) groups is 1. The van der Waals surface area contributed by atoms with Gasteiger partial charge in [-0.15, -0.1) is 0 Å². The van der Waals surface area contributed by atoms with Crippen LogP contribution in [0.5, 0.6) is 0 Å². The fourth-order valence-electron chi connectivity index (χ4n) is 2.19. The van der Waals surface area contributed by atoms with E-state index >= 15 is 0 Å². The second kappa shape index (κ2) is 5.86. The van der Waals surface area contributed by atoms with E-state index in [1.165, 1.54) is 0 Å². The summed E-state index contributed by atoms with van der Waals surface area (Å²) >= 11 is 0. The minimum absolute atomic E-state index is 0.000933. The highest BCUT2D eigenvalue weighted by Gasteiger charge is 2.42. The van der Waals surface area contributed by atoms with Crippen LogP contribution in [0.4, 0.5) is 0 Å². The lowest BCUT2D eigenvalue weighted by Gasteiger charge is -2.36. The molecular weight excluding hydrogens is 222 g/mol. The van der Waals surface area contributed by atoms with Crippen molar-refractivity contribution >= 4 is 11.7 Å². The molecule has 0 spiro atoms. The number of nitrogens with two attached hydrogens (primary N) is 1. The van der Waals surface area contributed by atoms with E-state index < -0.39 is 5.41 Å². The van der Waals surface area contributed by atoms with Gasteiger partial charge in [-0.05, 0) is 12.8 Å². The Morgan fingerprint density at radius 2 is 1.94 bits per heavy atom. The van der Waals surface area contributed by atoms with Gasteiger partial charge in [0.15, 0.2) is 5.84 Å². The van der Waals surface area contributed by atoms with Crippen LogP contribution in [0.2, 0.25) is 0 Å². The molecule has 17 heavy (non-hydrogen) atoms. The largest absolute Gasteiger partial charge is 0.409 e. The Morgan fingerprint density at radius 3 is 2.35 bits per heavy atom. The maximum Gasteiger partial charge on any atom is 0.236 e. The lowest BCUT2D eigenvalue weighted by molar-refractivity contribution is -0.143. The van der Waals surface area contributed by atoms with Gasteiger partial charge in [0.05, 0.1) is 13.2 Å². The van der Waals surface area contributed by atoms with Crippen molar-refractivity contribution in [2.45, 2.75) is 26.7 Å². The molecule has 3 N–H and O–H groups in total. The Kier molecular flexibility index (Phi) is 4.74. The molecule has 1 saturated heterocycles. The first kappa shape index (κ1) is 13.8. The number of morpholine rings is 1. The number of carbonyl (C=O) groups excluding carboxylic acids is 1. The molecule has 1 aliphatic heterocycles. The number of nitrogens with zero attached hydrogens (tertiary/aromatic N) is 2. The Morgan fingerprint density at radius 1 is 1.41 bits per heavy atom. The summed E-state index contributed by atoms with van der Waals surface area (Å²) in [4.78, 5) is 14.2. The van der Waals surface area contributed by atoms with Crippen LogP contribution in [0.1, 0.15) is 26.7 Å². The number of hydrogen-bond donors (Lipinski definition) is 2. The minimum atomic E-state index is -0.883. The van der Waals surface area contributed by atoms with Crippen molar-refractivity contribution in [3.8, 4) is 0 Å². The van der Waals surface area contributed by atoms with Crippen LogP contribution >= 0.6 is 0 Å². The van der Waals surface area contributed by atoms with Crippen LogP contribution in [-0.2, 0) is 9.53 Å². The first-order valence-electron chi connectivity index (χ1n) is 5.97. The maximum atomic E-state index is 12.5. The Balaban J connectivity index is 2.93. The Hall–Kier alpha value is -1.30. The second-order valence-corrected chi connectivity index (χ2v) is 4.18. The summed E-state index contributed by atoms with van der Waals surface area (Å²) in [6, 6.07) is 0. The predicted octanol–water partition coefficient (Wildman–Crippen LogP) is 0.398. The molecular formula is C11H21N3O3. The number of oxime groups is 1. The lowest BCUT2D eigenvalue weighted by atomic mass is 9.79. The smallest absolute Gasteiger partial charge is 0.236 e. The quantitative estimate of drug-likeness (QED) is 0.324. The van der Waals surface area contributed by atoms with E-state index in [0.717, 1.165) is 0 Å². The summed E-state index contributed by atoms with van der Waals surface area (Å²) in [6.07, 6.45) is 1.05. The molecule has 0 atom stereocenters. The second-order valence-electron chi connectivity index (χ2n) is 4.18. The molecule has 0 bridgehead atoms. The normalized spacial score (nSPS) is 18.2. The van der Waals surface area contributed by atoms with Gasteiger partial charge >= 0.3 is 0 Å². The van der Waals surface area contributed by atoms with Gasteiger partial charge in [-0.1, -0.05) is 19.0 Å². The summed E-state index contributed by atoms with van der Waals surface area (Å²) < 4.78 is 5.21. The summed E-state index contributed by atoms with van der Waals surface area (Å²) in [5.41, 5.74) is 4.82. The highest BCUT2D eigenvalue weighted by Crippen LogP contribution is 2.29. The third-order valence-corrected chi connectivity index (χ3v) is 3.51. The van der Waals surface area contributed by atoms with Gasteiger partial charge in [0, 0.05) is 13.1 Å². The first-order valence-corrected chi connectivity index (χ1v) is 5.97. The number of rotatable bonds is 4. The molecule has 0 aromatic heterocycles. The van der Waals surface area contributed by atoms with Crippen molar-refractivity contribution in [3.63, 3.8) is 0 Å². The number of ether oxygens (including phenoxy) is 1. The van der Waals surface area contributed by atoms with Gasteiger partial charge in [-0.2, -0.15) is 0 Å². The summed E-state index contributed by atoms with van der Waals surface area (Å²) in [5.74, 6) is -0.0694. The molecule has 1 aliphatic rings. The monoisotopic (exact) mass is 243 g/mol. The van der Waals surface area contributed by atoms with Crippen LogP contribution in [0.15, 0.2) is 5.16 Å². The van der Waals surface area contributed by atoms with Gasteiger partial charge < -0.3 is 20.6 Å². The van der Waals surface area contributed by atoms with Crippen molar-refractivity contribution in [1.29, 1.82) is 0 Å². The van der Waals surface area contributed by atoms with Crippen molar-refractivity contribution in [2.75, 3.05) is 26.3 Å². The van der Waals surface area contributed by atoms with Crippen molar-refractivity contribution < 1.29 is 14.7 Å². The topological polar surface area (TPSA) is 88.2 Å². The first-order chi connectivity index (χ1) is 8.12. The molecule has 0 saturated carbocycles. The zero-order valence-corrected chi connectivity index (χ0v) is 10.5. The number of amidine groups is 1. The lowest BCUT2D eigenvalue weighted by Crippen LogP contribution is -2.53. The fraction of sp³-hybridized carbons (Fsp3) is 0.818.